The summed E-state index contributed by atoms with van der Waals surface area (Å²) in [6.07, 6.45) is 0. The zero-order valence-corrected chi connectivity index (χ0v) is 26.9. The topological polar surface area (TPSA) is 12.5 Å². The number of benzene rings is 7. The molecule has 0 amide bonds. The highest BCUT2D eigenvalue weighted by Crippen LogP contribution is 2.63. The zero-order valence-electron chi connectivity index (χ0n) is 26.9. The average Bonchev–Trinajstić information content (AvgIpc) is 3.42. The normalized spacial score (nSPS) is 15.3. The number of fused-ring (bicyclic) bond motifs is 11. The first-order chi connectivity index (χ1) is 23.6. The molecule has 228 valence electrons. The minimum absolute atomic E-state index is 0.181. The average molecular weight is 616 g/mol. The molecule has 48 heavy (non-hydrogen) atoms. The Kier molecular flexibility index (Phi) is 5.58. The second kappa shape index (κ2) is 9.82. The van der Waals surface area contributed by atoms with E-state index in [-0.39, 0.29) is 5.41 Å². The van der Waals surface area contributed by atoms with Crippen molar-refractivity contribution in [2.75, 3.05) is 4.90 Å². The highest BCUT2D eigenvalue weighted by atomic mass is 16.5. The fraction of sp³-hybridized carbons (Fsp3) is 0.0870. The van der Waals surface area contributed by atoms with Gasteiger partial charge >= 0.3 is 0 Å². The Morgan fingerprint density at radius 1 is 0.417 bits per heavy atom. The van der Waals surface area contributed by atoms with Crippen molar-refractivity contribution in [1.29, 1.82) is 0 Å². The molecule has 0 aromatic heterocycles. The largest absolute Gasteiger partial charge is 0.457 e. The van der Waals surface area contributed by atoms with E-state index in [4.69, 9.17) is 4.74 Å². The predicted molar refractivity (Wildman–Crippen MR) is 196 cm³/mol. The second-order valence-corrected chi connectivity index (χ2v) is 13.7. The molecular formula is C46H33NO. The summed E-state index contributed by atoms with van der Waals surface area (Å²) in [6, 6.07) is 59.9. The lowest BCUT2D eigenvalue weighted by atomic mass is 9.66. The van der Waals surface area contributed by atoms with Crippen LogP contribution >= 0.6 is 0 Å². The summed E-state index contributed by atoms with van der Waals surface area (Å²) in [5.74, 6) is 1.82. The van der Waals surface area contributed by atoms with Crippen LogP contribution in [-0.4, -0.2) is 0 Å². The van der Waals surface area contributed by atoms with Crippen LogP contribution in [0.1, 0.15) is 47.2 Å². The van der Waals surface area contributed by atoms with Crippen molar-refractivity contribution < 1.29 is 4.74 Å². The number of rotatable bonds is 2. The van der Waals surface area contributed by atoms with Gasteiger partial charge in [-0.3, -0.25) is 0 Å². The lowest BCUT2D eigenvalue weighted by Crippen LogP contribution is -2.33. The SMILES string of the molecule is CC1(C)c2ccccc2N(c2ccc3c(c2)C2(c4ccccc4Oc4ccccc42)c2ccccc2-3)c2ccc(-c3ccccc3)cc21. The van der Waals surface area contributed by atoms with E-state index in [1.54, 1.807) is 0 Å². The van der Waals surface area contributed by atoms with E-state index in [0.717, 1.165) is 17.2 Å². The molecule has 0 saturated heterocycles. The van der Waals surface area contributed by atoms with E-state index < -0.39 is 5.41 Å². The molecule has 0 radical (unpaired) electrons. The Morgan fingerprint density at radius 2 is 1.00 bits per heavy atom. The molecule has 0 unspecified atom stereocenters. The molecule has 1 aliphatic carbocycles. The number of hydrogen-bond donors (Lipinski definition) is 0. The molecule has 3 aliphatic rings. The van der Waals surface area contributed by atoms with Gasteiger partial charge in [0.2, 0.25) is 0 Å². The van der Waals surface area contributed by atoms with Crippen LogP contribution in [0.2, 0.25) is 0 Å². The van der Waals surface area contributed by atoms with Crippen molar-refractivity contribution in [2.45, 2.75) is 24.7 Å². The number of ether oxygens (including phenoxy) is 1. The Labute approximate surface area is 281 Å². The molecule has 7 aromatic carbocycles. The van der Waals surface area contributed by atoms with Gasteiger partial charge in [0.1, 0.15) is 11.5 Å². The monoisotopic (exact) mass is 615 g/mol. The highest BCUT2D eigenvalue weighted by Gasteiger charge is 2.51. The maximum atomic E-state index is 6.59. The Bertz CT molecular complexity index is 2370. The zero-order chi connectivity index (χ0) is 32.0. The van der Waals surface area contributed by atoms with Crippen LogP contribution in [0.5, 0.6) is 11.5 Å². The van der Waals surface area contributed by atoms with Gasteiger partial charge in [-0.1, -0.05) is 135 Å². The first kappa shape index (κ1) is 27.3. The van der Waals surface area contributed by atoms with Gasteiger partial charge < -0.3 is 9.64 Å². The van der Waals surface area contributed by atoms with Crippen LogP contribution < -0.4 is 9.64 Å². The van der Waals surface area contributed by atoms with Gasteiger partial charge in [-0.15, -0.1) is 0 Å². The maximum Gasteiger partial charge on any atom is 0.132 e. The molecule has 2 aliphatic heterocycles. The molecule has 2 heterocycles. The summed E-state index contributed by atoms with van der Waals surface area (Å²) >= 11 is 0. The minimum Gasteiger partial charge on any atom is -0.457 e. The van der Waals surface area contributed by atoms with Gasteiger partial charge in [0, 0.05) is 22.2 Å². The van der Waals surface area contributed by atoms with Crippen LogP contribution in [0, 0.1) is 0 Å². The number of nitrogens with zero attached hydrogens (tertiary/aromatic N) is 1. The van der Waals surface area contributed by atoms with Gasteiger partial charge in [-0.25, -0.2) is 0 Å². The molecule has 10 rings (SSSR count). The first-order valence-electron chi connectivity index (χ1n) is 16.8. The standard InChI is InChI=1S/C46H33NO/c1-45(2)36-18-8-11-21-41(36)47(42-27-24-31(28-40(42)45)30-14-4-3-5-15-30)32-25-26-34-33-16-6-7-17-35(33)46(39(34)29-32)37-19-9-12-22-43(37)48-44-23-13-10-20-38(44)46/h3-29H,1-2H3. The van der Waals surface area contributed by atoms with Crippen molar-refractivity contribution in [2.24, 2.45) is 0 Å². The molecule has 2 nitrogen and oxygen atoms in total. The summed E-state index contributed by atoms with van der Waals surface area (Å²) in [6.45, 7) is 4.72. The molecule has 0 fully saturated rings. The van der Waals surface area contributed by atoms with Crippen LogP contribution in [-0.2, 0) is 10.8 Å². The fourth-order valence-electron chi connectivity index (χ4n) is 8.77. The van der Waals surface area contributed by atoms with Crippen LogP contribution in [0.25, 0.3) is 22.3 Å². The van der Waals surface area contributed by atoms with Crippen molar-refractivity contribution in [3.8, 4) is 33.8 Å². The van der Waals surface area contributed by atoms with Gasteiger partial charge in [-0.05, 0) is 87.0 Å². The molecule has 7 aromatic rings. The summed E-state index contributed by atoms with van der Waals surface area (Å²) < 4.78 is 6.59. The third-order valence-corrected chi connectivity index (χ3v) is 10.9. The third-order valence-electron chi connectivity index (χ3n) is 10.9. The van der Waals surface area contributed by atoms with Crippen molar-refractivity contribution >= 4 is 17.1 Å². The van der Waals surface area contributed by atoms with E-state index in [1.807, 2.05) is 0 Å². The molecule has 0 N–H and O–H groups in total. The molecule has 2 heteroatoms. The number of hydrogen-bond acceptors (Lipinski definition) is 2. The number of anilines is 3. The lowest BCUT2D eigenvalue weighted by Gasteiger charge is -2.43. The summed E-state index contributed by atoms with van der Waals surface area (Å²) in [4.78, 5) is 2.48. The van der Waals surface area contributed by atoms with Gasteiger partial charge in [0.15, 0.2) is 0 Å². The minimum atomic E-state index is -0.512. The van der Waals surface area contributed by atoms with Crippen molar-refractivity contribution in [3.05, 3.63) is 197 Å². The summed E-state index contributed by atoms with van der Waals surface area (Å²) in [5, 5.41) is 0. The highest BCUT2D eigenvalue weighted by molar-refractivity contribution is 5.93. The van der Waals surface area contributed by atoms with Gasteiger partial charge in [0.25, 0.3) is 0 Å². The Hall–Kier alpha value is -5.86. The fourth-order valence-corrected chi connectivity index (χ4v) is 8.77. The van der Waals surface area contributed by atoms with Crippen molar-refractivity contribution in [3.63, 3.8) is 0 Å². The van der Waals surface area contributed by atoms with Gasteiger partial charge in [-0.2, -0.15) is 0 Å². The van der Waals surface area contributed by atoms with E-state index in [0.29, 0.717) is 0 Å². The molecule has 0 saturated carbocycles. The third kappa shape index (κ3) is 3.52. The summed E-state index contributed by atoms with van der Waals surface area (Å²) in [5.41, 5.74) is 15.5. The molecule has 1 spiro atoms. The molecular weight excluding hydrogens is 583 g/mol. The van der Waals surface area contributed by atoms with Gasteiger partial charge in [0.05, 0.1) is 16.8 Å². The predicted octanol–water partition coefficient (Wildman–Crippen LogP) is 11.9. The molecule has 0 bridgehead atoms. The smallest absolute Gasteiger partial charge is 0.132 e. The summed E-state index contributed by atoms with van der Waals surface area (Å²) in [7, 11) is 0. The van der Waals surface area contributed by atoms with E-state index in [1.165, 1.54) is 67.0 Å². The molecule has 0 atom stereocenters. The van der Waals surface area contributed by atoms with Crippen molar-refractivity contribution in [1.82, 2.24) is 0 Å². The van der Waals surface area contributed by atoms with Crippen LogP contribution in [0.4, 0.5) is 17.1 Å². The maximum absolute atomic E-state index is 6.59. The first-order valence-corrected chi connectivity index (χ1v) is 16.8. The van der Waals surface area contributed by atoms with Crippen LogP contribution in [0.3, 0.4) is 0 Å². The van der Waals surface area contributed by atoms with Crippen LogP contribution in [0.15, 0.2) is 164 Å². The van der Waals surface area contributed by atoms with E-state index in [9.17, 15) is 0 Å². The Balaban J connectivity index is 1.26. The Morgan fingerprint density at radius 3 is 1.75 bits per heavy atom. The van der Waals surface area contributed by atoms with E-state index >= 15 is 0 Å². The lowest BCUT2D eigenvalue weighted by molar-refractivity contribution is 0.436. The quantitative estimate of drug-likeness (QED) is 0.192. The van der Waals surface area contributed by atoms with E-state index in [2.05, 4.69) is 183 Å². The number of para-hydroxylation sites is 3. The second-order valence-electron chi connectivity index (χ2n) is 13.7.